The molecule has 12 heteroatoms. The third-order valence-electron chi connectivity index (χ3n) is 4.84. The molecule has 0 bridgehead atoms. The lowest BCUT2D eigenvalue weighted by atomic mass is 10.1. The van der Waals surface area contributed by atoms with Gasteiger partial charge in [-0.1, -0.05) is 0 Å². The van der Waals surface area contributed by atoms with Crippen LogP contribution in [0.5, 0.6) is 0 Å². The smallest absolute Gasteiger partial charge is 0.382 e. The lowest BCUT2D eigenvalue weighted by Crippen LogP contribution is -2.40. The third kappa shape index (κ3) is 4.02. The topological polar surface area (TPSA) is 67.2 Å². The lowest BCUT2D eigenvalue weighted by Gasteiger charge is -2.15. The highest BCUT2D eigenvalue weighted by atomic mass is 32.1. The first-order chi connectivity index (χ1) is 15.0. The van der Waals surface area contributed by atoms with Gasteiger partial charge in [-0.3, -0.25) is 9.36 Å². The molecule has 4 rings (SSSR count). The maximum Gasteiger partial charge on any atom is 0.416 e. The van der Waals surface area contributed by atoms with E-state index < -0.39 is 36.5 Å². The molecule has 0 saturated carbocycles. The van der Waals surface area contributed by atoms with Crippen LogP contribution < -0.4 is 5.32 Å². The summed E-state index contributed by atoms with van der Waals surface area (Å²) in [6, 6.07) is 8.89. The Morgan fingerprint density at radius 2 is 1.75 bits per heavy atom. The largest absolute Gasteiger partial charge is 0.416 e. The van der Waals surface area contributed by atoms with Gasteiger partial charge in [0.2, 0.25) is 0 Å². The number of alkyl halides is 6. The summed E-state index contributed by atoms with van der Waals surface area (Å²) in [7, 11) is 0. The number of carbonyl (C=O) groups excluding carboxylic acids is 1. The Bertz CT molecular complexity index is 1290. The molecule has 0 aliphatic heterocycles. The summed E-state index contributed by atoms with van der Waals surface area (Å²) < 4.78 is 81.9. The van der Waals surface area contributed by atoms with Crippen molar-refractivity contribution in [2.75, 3.05) is 6.54 Å². The molecular weight excluding hydrogens is 460 g/mol. The Hall–Kier alpha value is -3.12. The molecule has 168 valence electrons. The fourth-order valence-electron chi connectivity index (χ4n) is 3.25. The Kier molecular flexibility index (Phi) is 5.37. The number of aromatic nitrogens is 2. The molecule has 0 aliphatic carbocycles. The molecule has 4 aromatic rings. The highest BCUT2D eigenvalue weighted by Crippen LogP contribution is 2.35. The second kappa shape index (κ2) is 7.78. The van der Waals surface area contributed by atoms with E-state index in [1.807, 2.05) is 5.32 Å². The van der Waals surface area contributed by atoms with Crippen molar-refractivity contribution in [3.63, 3.8) is 0 Å². The number of benzene rings is 2. The maximum atomic E-state index is 12.9. The molecule has 5 nitrogen and oxygen atoms in total. The Labute approximate surface area is 180 Å². The minimum absolute atomic E-state index is 0.0598. The number of nitrogens with zero attached hydrogens (tertiary/aromatic N) is 2. The normalized spacial score (nSPS) is 13.6. The van der Waals surface area contributed by atoms with Gasteiger partial charge in [0.25, 0.3) is 5.91 Å². The van der Waals surface area contributed by atoms with Gasteiger partial charge in [0.1, 0.15) is 0 Å². The van der Waals surface area contributed by atoms with Crippen molar-refractivity contribution in [2.24, 2.45) is 0 Å². The molecule has 0 radical (unpaired) electrons. The van der Waals surface area contributed by atoms with Gasteiger partial charge in [-0.05, 0) is 54.0 Å². The monoisotopic (exact) mass is 473 g/mol. The van der Waals surface area contributed by atoms with Gasteiger partial charge in [0.05, 0.1) is 17.6 Å². The molecule has 1 atom stereocenters. The van der Waals surface area contributed by atoms with Crippen molar-refractivity contribution in [1.29, 1.82) is 0 Å². The average Bonchev–Trinajstić information content (AvgIpc) is 3.31. The highest BCUT2D eigenvalue weighted by Gasteiger charge is 2.38. The number of carbonyl (C=O) groups is 1. The summed E-state index contributed by atoms with van der Waals surface area (Å²) in [5.74, 6) is -0.811. The molecule has 1 amide bonds. The molecule has 0 aliphatic rings. The quantitative estimate of drug-likeness (QED) is 0.414. The summed E-state index contributed by atoms with van der Waals surface area (Å²) in [6.45, 7) is -0.998. The summed E-state index contributed by atoms with van der Waals surface area (Å²) >= 11 is 1.11. The van der Waals surface area contributed by atoms with Crippen LogP contribution in [0.2, 0.25) is 0 Å². The van der Waals surface area contributed by atoms with Gasteiger partial charge in [-0.25, -0.2) is 0 Å². The van der Waals surface area contributed by atoms with Gasteiger partial charge in [0, 0.05) is 27.4 Å². The number of aliphatic hydroxyl groups excluding tert-OH is 1. The average molecular weight is 473 g/mol. The van der Waals surface area contributed by atoms with E-state index in [0.717, 1.165) is 23.7 Å². The van der Waals surface area contributed by atoms with Crippen molar-refractivity contribution in [3.8, 4) is 5.69 Å². The van der Waals surface area contributed by atoms with Gasteiger partial charge in [-0.15, -0.1) is 0 Å². The standard InChI is InChI=1S/C20H13F6N3O2S/c21-19(22,23)11-2-4-12(5-3-11)29-15-6-1-10(7-13(15)14-9-32-28-17(14)29)18(31)27-8-16(30)20(24,25)26/h1-7,9,16,30H,8H2,(H,27,31)/t16-/m1/s1. The Balaban J connectivity index is 1.71. The minimum atomic E-state index is -4.86. The first kappa shape index (κ1) is 22.1. The molecular formula is C20H13F6N3O2S. The fraction of sp³-hybridized carbons (Fsp3) is 0.200. The fourth-order valence-corrected chi connectivity index (χ4v) is 3.92. The molecule has 2 heterocycles. The van der Waals surface area contributed by atoms with Crippen LogP contribution in [0, 0.1) is 0 Å². The van der Waals surface area contributed by atoms with Gasteiger partial charge >= 0.3 is 12.4 Å². The molecule has 32 heavy (non-hydrogen) atoms. The predicted octanol–water partition coefficient (Wildman–Crippen LogP) is 4.91. The van der Waals surface area contributed by atoms with Crippen LogP contribution in [0.25, 0.3) is 27.6 Å². The van der Waals surface area contributed by atoms with E-state index in [4.69, 9.17) is 5.11 Å². The SMILES string of the molecule is O=C(NC[C@@H](O)C(F)(F)F)c1ccc2c(c1)c1csnc1n2-c1ccc(C(F)(F)F)cc1. The molecule has 0 unspecified atom stereocenters. The molecule has 0 spiro atoms. The Morgan fingerprint density at radius 3 is 2.38 bits per heavy atom. The Morgan fingerprint density at radius 1 is 1.06 bits per heavy atom. The van der Waals surface area contributed by atoms with Crippen molar-refractivity contribution in [2.45, 2.75) is 18.5 Å². The maximum absolute atomic E-state index is 12.9. The molecule has 0 saturated heterocycles. The number of hydrogen-bond donors (Lipinski definition) is 2. The molecule has 2 N–H and O–H groups in total. The van der Waals surface area contributed by atoms with Crippen LogP contribution >= 0.6 is 11.5 Å². The summed E-state index contributed by atoms with van der Waals surface area (Å²) in [4.78, 5) is 12.3. The van der Waals surface area contributed by atoms with E-state index in [-0.39, 0.29) is 5.56 Å². The van der Waals surface area contributed by atoms with Crippen LogP contribution in [-0.2, 0) is 6.18 Å². The number of amides is 1. The van der Waals surface area contributed by atoms with Crippen LogP contribution in [-0.4, -0.2) is 38.8 Å². The highest BCUT2D eigenvalue weighted by molar-refractivity contribution is 7.05. The van der Waals surface area contributed by atoms with E-state index in [0.29, 0.717) is 27.6 Å². The zero-order valence-corrected chi connectivity index (χ0v) is 16.6. The molecule has 2 aromatic heterocycles. The first-order valence-electron chi connectivity index (χ1n) is 9.06. The minimum Gasteiger partial charge on any atom is -0.382 e. The predicted molar refractivity (Wildman–Crippen MR) is 106 cm³/mol. The van der Waals surface area contributed by atoms with Crippen molar-refractivity contribution in [3.05, 3.63) is 59.0 Å². The van der Waals surface area contributed by atoms with E-state index in [2.05, 4.69) is 4.37 Å². The zero-order chi connectivity index (χ0) is 23.3. The number of halogens is 6. The second-order valence-electron chi connectivity index (χ2n) is 6.93. The number of hydrogen-bond acceptors (Lipinski definition) is 4. The number of rotatable bonds is 4. The van der Waals surface area contributed by atoms with E-state index in [1.165, 1.54) is 30.3 Å². The number of aliphatic hydroxyl groups is 1. The lowest BCUT2D eigenvalue weighted by molar-refractivity contribution is -0.201. The van der Waals surface area contributed by atoms with Crippen molar-refractivity contribution >= 4 is 39.4 Å². The van der Waals surface area contributed by atoms with Crippen LogP contribution in [0.3, 0.4) is 0 Å². The zero-order valence-electron chi connectivity index (χ0n) is 15.8. The van der Waals surface area contributed by atoms with E-state index >= 15 is 0 Å². The van der Waals surface area contributed by atoms with E-state index in [9.17, 15) is 31.1 Å². The number of nitrogens with one attached hydrogen (secondary N) is 1. The summed E-state index contributed by atoms with van der Waals surface area (Å²) in [6.07, 6.45) is -12.0. The summed E-state index contributed by atoms with van der Waals surface area (Å²) in [5.41, 5.74) is 0.711. The van der Waals surface area contributed by atoms with Gasteiger partial charge in [-0.2, -0.15) is 30.7 Å². The van der Waals surface area contributed by atoms with Gasteiger partial charge < -0.3 is 10.4 Å². The summed E-state index contributed by atoms with van der Waals surface area (Å²) in [5, 5.41) is 14.0. The molecule has 2 aromatic carbocycles. The van der Waals surface area contributed by atoms with Crippen LogP contribution in [0.15, 0.2) is 47.8 Å². The molecule has 0 fully saturated rings. The van der Waals surface area contributed by atoms with Gasteiger partial charge in [0.15, 0.2) is 11.8 Å². The van der Waals surface area contributed by atoms with Crippen LogP contribution in [0.4, 0.5) is 26.3 Å². The van der Waals surface area contributed by atoms with Crippen molar-refractivity contribution < 1.29 is 36.2 Å². The van der Waals surface area contributed by atoms with Crippen molar-refractivity contribution in [1.82, 2.24) is 14.3 Å². The van der Waals surface area contributed by atoms with Crippen LogP contribution in [0.1, 0.15) is 15.9 Å². The second-order valence-corrected chi connectivity index (χ2v) is 7.56. The first-order valence-corrected chi connectivity index (χ1v) is 9.89. The number of fused-ring (bicyclic) bond motifs is 3. The third-order valence-corrected chi connectivity index (χ3v) is 5.46. The van der Waals surface area contributed by atoms with E-state index in [1.54, 1.807) is 9.95 Å².